The zero-order chi connectivity index (χ0) is 14.9. The molecule has 0 fully saturated rings. The lowest BCUT2D eigenvalue weighted by atomic mass is 10.1. The number of aromatic amines is 1. The molecule has 2 aromatic heterocycles. The minimum absolute atomic E-state index is 0.237. The quantitative estimate of drug-likeness (QED) is 0.803. The van der Waals surface area contributed by atoms with E-state index in [0.717, 1.165) is 30.9 Å². The molecule has 1 unspecified atom stereocenters. The lowest BCUT2D eigenvalue weighted by Crippen LogP contribution is -2.32. The minimum Gasteiger partial charge on any atom is -0.290 e. The highest BCUT2D eigenvalue weighted by atomic mass is 15.4. The number of para-hydroxylation sites is 1. The van der Waals surface area contributed by atoms with Gasteiger partial charge in [0.15, 0.2) is 0 Å². The highest BCUT2D eigenvalue weighted by molar-refractivity contribution is 5.30. The molecule has 0 saturated carbocycles. The summed E-state index contributed by atoms with van der Waals surface area (Å²) in [4.78, 5) is 2.41. The van der Waals surface area contributed by atoms with Gasteiger partial charge in [-0.15, -0.1) is 5.10 Å². The maximum atomic E-state index is 4.36. The molecule has 4 rings (SSSR count). The van der Waals surface area contributed by atoms with Crippen molar-refractivity contribution in [2.45, 2.75) is 25.9 Å². The summed E-state index contributed by atoms with van der Waals surface area (Å²) in [6.45, 7) is 4.10. The lowest BCUT2D eigenvalue weighted by molar-refractivity contribution is 0.188. The topological polar surface area (TPSA) is 62.6 Å². The number of aromatic nitrogens is 5. The van der Waals surface area contributed by atoms with Gasteiger partial charge in [0, 0.05) is 30.8 Å². The van der Waals surface area contributed by atoms with Gasteiger partial charge < -0.3 is 0 Å². The van der Waals surface area contributed by atoms with Gasteiger partial charge in [-0.2, -0.15) is 5.10 Å². The van der Waals surface area contributed by atoms with Crippen molar-refractivity contribution in [3.63, 3.8) is 0 Å². The Morgan fingerprint density at radius 1 is 1.23 bits per heavy atom. The van der Waals surface area contributed by atoms with Crippen LogP contribution in [0.3, 0.4) is 0 Å². The number of nitrogens with one attached hydrogen (secondary N) is 1. The molecule has 1 atom stereocenters. The molecule has 1 aliphatic rings. The van der Waals surface area contributed by atoms with Crippen LogP contribution in [0.2, 0.25) is 0 Å². The van der Waals surface area contributed by atoms with E-state index in [1.165, 1.54) is 11.3 Å². The van der Waals surface area contributed by atoms with Gasteiger partial charge in [-0.25, -0.2) is 4.68 Å². The molecule has 3 heterocycles. The fourth-order valence-corrected chi connectivity index (χ4v) is 2.94. The SMILES string of the molecule is CC(c1cn(-c2ccccc2)nn1)N1CCc2[nH]ncc2C1. The largest absolute Gasteiger partial charge is 0.290 e. The normalized spacial score (nSPS) is 16.4. The van der Waals surface area contributed by atoms with Crippen LogP contribution < -0.4 is 0 Å². The highest BCUT2D eigenvalue weighted by Crippen LogP contribution is 2.25. The van der Waals surface area contributed by atoms with Gasteiger partial charge in [0.2, 0.25) is 0 Å². The second-order valence-corrected chi connectivity index (χ2v) is 5.69. The number of H-pyrrole nitrogens is 1. The average Bonchev–Trinajstić information content (AvgIpc) is 3.23. The van der Waals surface area contributed by atoms with Crippen molar-refractivity contribution in [2.75, 3.05) is 6.54 Å². The molecule has 0 aliphatic carbocycles. The maximum Gasteiger partial charge on any atom is 0.100 e. The number of benzene rings is 1. The summed E-state index contributed by atoms with van der Waals surface area (Å²) in [6.07, 6.45) is 4.95. The summed E-state index contributed by atoms with van der Waals surface area (Å²) in [5.41, 5.74) is 4.57. The van der Waals surface area contributed by atoms with E-state index in [-0.39, 0.29) is 6.04 Å². The molecule has 3 aromatic rings. The first-order valence-corrected chi connectivity index (χ1v) is 7.54. The van der Waals surface area contributed by atoms with Crippen LogP contribution in [0.5, 0.6) is 0 Å². The van der Waals surface area contributed by atoms with Crippen LogP contribution in [-0.4, -0.2) is 36.6 Å². The summed E-state index contributed by atoms with van der Waals surface area (Å²) < 4.78 is 1.83. The minimum atomic E-state index is 0.237. The van der Waals surface area contributed by atoms with Crippen LogP contribution in [0, 0.1) is 0 Å². The van der Waals surface area contributed by atoms with E-state index in [9.17, 15) is 0 Å². The number of hydrogen-bond acceptors (Lipinski definition) is 4. The summed E-state index contributed by atoms with van der Waals surface area (Å²) in [5, 5.41) is 15.8. The first-order chi connectivity index (χ1) is 10.8. The highest BCUT2D eigenvalue weighted by Gasteiger charge is 2.24. The fraction of sp³-hybridized carbons (Fsp3) is 0.312. The number of rotatable bonds is 3. The molecule has 0 saturated heterocycles. The molecule has 112 valence electrons. The predicted molar refractivity (Wildman–Crippen MR) is 82.5 cm³/mol. The molecule has 0 radical (unpaired) electrons. The van der Waals surface area contributed by atoms with Gasteiger partial charge in [-0.3, -0.25) is 10.00 Å². The van der Waals surface area contributed by atoms with Gasteiger partial charge in [0.05, 0.1) is 24.1 Å². The number of hydrogen-bond donors (Lipinski definition) is 1. The van der Waals surface area contributed by atoms with Gasteiger partial charge in [-0.1, -0.05) is 23.4 Å². The standard InChI is InChI=1S/C16H18N6/c1-12(21-8-7-15-13(10-21)9-17-18-15)16-11-22(20-19-16)14-5-3-2-4-6-14/h2-6,9,11-12H,7-8,10H2,1H3,(H,17,18). The monoisotopic (exact) mass is 294 g/mol. The first-order valence-electron chi connectivity index (χ1n) is 7.54. The Labute approximate surface area is 128 Å². The first kappa shape index (κ1) is 13.2. The van der Waals surface area contributed by atoms with Gasteiger partial charge in [0.1, 0.15) is 5.69 Å². The molecular weight excluding hydrogens is 276 g/mol. The molecule has 0 spiro atoms. The third-order valence-electron chi connectivity index (χ3n) is 4.34. The third kappa shape index (κ3) is 2.31. The Hall–Kier alpha value is -2.47. The van der Waals surface area contributed by atoms with Crippen LogP contribution in [-0.2, 0) is 13.0 Å². The van der Waals surface area contributed by atoms with E-state index < -0.39 is 0 Å². The Bertz CT molecular complexity index is 760. The maximum absolute atomic E-state index is 4.36. The van der Waals surface area contributed by atoms with Crippen molar-refractivity contribution in [1.82, 2.24) is 30.1 Å². The molecule has 6 heteroatoms. The molecular formula is C16H18N6. The Kier molecular flexibility index (Phi) is 3.23. The van der Waals surface area contributed by atoms with Crippen molar-refractivity contribution in [3.05, 3.63) is 59.7 Å². The second-order valence-electron chi connectivity index (χ2n) is 5.69. The van der Waals surface area contributed by atoms with Crippen molar-refractivity contribution in [2.24, 2.45) is 0 Å². The van der Waals surface area contributed by atoms with E-state index in [2.05, 4.69) is 32.3 Å². The number of fused-ring (bicyclic) bond motifs is 1. The molecule has 0 bridgehead atoms. The van der Waals surface area contributed by atoms with Crippen LogP contribution in [0.4, 0.5) is 0 Å². The van der Waals surface area contributed by atoms with Crippen LogP contribution in [0.15, 0.2) is 42.7 Å². The second kappa shape index (κ2) is 5.38. The zero-order valence-corrected chi connectivity index (χ0v) is 12.5. The van der Waals surface area contributed by atoms with Gasteiger partial charge in [0.25, 0.3) is 0 Å². The van der Waals surface area contributed by atoms with E-state index in [0.29, 0.717) is 0 Å². The van der Waals surface area contributed by atoms with E-state index in [1.807, 2.05) is 47.4 Å². The van der Waals surface area contributed by atoms with Crippen molar-refractivity contribution in [3.8, 4) is 5.69 Å². The summed E-state index contributed by atoms with van der Waals surface area (Å²) in [7, 11) is 0. The Morgan fingerprint density at radius 3 is 2.95 bits per heavy atom. The predicted octanol–water partition coefficient (Wildman–Crippen LogP) is 2.11. The van der Waals surface area contributed by atoms with E-state index in [4.69, 9.17) is 0 Å². The fourth-order valence-electron chi connectivity index (χ4n) is 2.94. The molecule has 6 nitrogen and oxygen atoms in total. The molecule has 1 aromatic carbocycles. The van der Waals surface area contributed by atoms with Crippen molar-refractivity contribution in [1.29, 1.82) is 0 Å². The summed E-state index contributed by atoms with van der Waals surface area (Å²) in [5.74, 6) is 0. The van der Waals surface area contributed by atoms with Crippen molar-refractivity contribution < 1.29 is 0 Å². The summed E-state index contributed by atoms with van der Waals surface area (Å²) in [6, 6.07) is 10.3. The van der Waals surface area contributed by atoms with Gasteiger partial charge >= 0.3 is 0 Å². The van der Waals surface area contributed by atoms with Crippen LogP contribution in [0.25, 0.3) is 5.69 Å². The smallest absolute Gasteiger partial charge is 0.100 e. The Balaban J connectivity index is 1.54. The number of nitrogens with zero attached hydrogens (tertiary/aromatic N) is 5. The Morgan fingerprint density at radius 2 is 2.09 bits per heavy atom. The third-order valence-corrected chi connectivity index (χ3v) is 4.34. The van der Waals surface area contributed by atoms with E-state index in [1.54, 1.807) is 0 Å². The van der Waals surface area contributed by atoms with E-state index >= 15 is 0 Å². The molecule has 1 aliphatic heterocycles. The van der Waals surface area contributed by atoms with Crippen molar-refractivity contribution >= 4 is 0 Å². The molecule has 22 heavy (non-hydrogen) atoms. The van der Waals surface area contributed by atoms with Crippen LogP contribution in [0.1, 0.15) is 29.9 Å². The van der Waals surface area contributed by atoms with Gasteiger partial charge in [-0.05, 0) is 19.1 Å². The summed E-state index contributed by atoms with van der Waals surface area (Å²) >= 11 is 0. The lowest BCUT2D eigenvalue weighted by Gasteiger charge is -2.30. The zero-order valence-electron chi connectivity index (χ0n) is 12.5. The van der Waals surface area contributed by atoms with Crippen LogP contribution >= 0.6 is 0 Å². The molecule has 0 amide bonds. The molecule has 1 N–H and O–H groups in total. The average molecular weight is 294 g/mol.